The van der Waals surface area contributed by atoms with Gasteiger partial charge in [-0.15, -0.1) is 0 Å². The molecule has 0 amide bonds. The van der Waals surface area contributed by atoms with Gasteiger partial charge in [-0.2, -0.15) is 0 Å². The van der Waals surface area contributed by atoms with E-state index in [1.165, 1.54) is 6.42 Å². The second-order valence-electron chi connectivity index (χ2n) is 3.18. The largest absolute Gasteiger partial charge is 0.314 e. The molecule has 2 nitrogen and oxygen atoms in total. The van der Waals surface area contributed by atoms with Gasteiger partial charge >= 0.3 is 0 Å². The molecule has 2 N–H and O–H groups in total. The Morgan fingerprint density at radius 3 is 3.00 bits per heavy atom. The number of rotatable bonds is 4. The number of nitrogens with one attached hydrogen (secondary N) is 2. The van der Waals surface area contributed by atoms with Crippen LogP contribution >= 0.6 is 0 Å². The fourth-order valence-electron chi connectivity index (χ4n) is 1.55. The van der Waals surface area contributed by atoms with Gasteiger partial charge in [-0.25, -0.2) is 4.39 Å². The molecule has 1 heterocycles. The topological polar surface area (TPSA) is 24.1 Å². The minimum absolute atomic E-state index is 0.255. The van der Waals surface area contributed by atoms with Crippen LogP contribution in [0.25, 0.3) is 0 Å². The molecule has 66 valence electrons. The van der Waals surface area contributed by atoms with Crippen LogP contribution in [0.2, 0.25) is 0 Å². The third kappa shape index (κ3) is 2.75. The average molecular weight is 160 g/mol. The Morgan fingerprint density at radius 1 is 1.64 bits per heavy atom. The third-order valence-electron chi connectivity index (χ3n) is 2.37. The quantitative estimate of drug-likeness (QED) is 0.587. The second-order valence-corrected chi connectivity index (χ2v) is 3.18. The van der Waals surface area contributed by atoms with Gasteiger partial charge in [0.2, 0.25) is 0 Å². The molecule has 1 saturated heterocycles. The molecule has 0 aromatic rings. The predicted octanol–water partition coefficient (Wildman–Crippen LogP) is 0.544. The highest BCUT2D eigenvalue weighted by Crippen LogP contribution is 2.13. The van der Waals surface area contributed by atoms with Gasteiger partial charge < -0.3 is 10.6 Å². The van der Waals surface area contributed by atoms with Crippen LogP contribution in [0, 0.1) is 5.92 Å². The van der Waals surface area contributed by atoms with Crippen LogP contribution in [0.1, 0.15) is 13.3 Å². The van der Waals surface area contributed by atoms with Gasteiger partial charge in [-0.1, -0.05) is 0 Å². The van der Waals surface area contributed by atoms with Gasteiger partial charge in [0.1, 0.15) is 6.67 Å². The highest BCUT2D eigenvalue weighted by Gasteiger charge is 2.21. The Hall–Kier alpha value is -0.150. The summed E-state index contributed by atoms with van der Waals surface area (Å²) in [5.41, 5.74) is 0. The van der Waals surface area contributed by atoms with Gasteiger partial charge in [0.05, 0.1) is 0 Å². The molecular weight excluding hydrogens is 143 g/mol. The maximum atomic E-state index is 11.7. The first-order chi connectivity index (χ1) is 5.34. The molecule has 1 aliphatic heterocycles. The monoisotopic (exact) mass is 160 g/mol. The molecule has 0 radical (unpaired) electrons. The van der Waals surface area contributed by atoms with Gasteiger partial charge in [0.15, 0.2) is 0 Å². The first-order valence-corrected chi connectivity index (χ1v) is 4.34. The smallest absolute Gasteiger partial charge is 0.102 e. The first-order valence-electron chi connectivity index (χ1n) is 4.34. The highest BCUT2D eigenvalue weighted by atomic mass is 19.1. The van der Waals surface area contributed by atoms with Crippen molar-refractivity contribution in [1.29, 1.82) is 0 Å². The summed E-state index contributed by atoms with van der Waals surface area (Å²) in [5.74, 6) is 0.696. The Kier molecular flexibility index (Phi) is 3.80. The highest BCUT2D eigenvalue weighted by molar-refractivity contribution is 4.81. The average Bonchev–Trinajstić information content (AvgIpc) is 2.37. The summed E-state index contributed by atoms with van der Waals surface area (Å²) >= 11 is 0. The molecule has 1 fully saturated rings. The van der Waals surface area contributed by atoms with E-state index in [0.29, 0.717) is 18.5 Å². The lowest BCUT2D eigenvalue weighted by Crippen LogP contribution is -2.31. The van der Waals surface area contributed by atoms with E-state index in [0.717, 1.165) is 13.1 Å². The van der Waals surface area contributed by atoms with E-state index < -0.39 is 0 Å². The SMILES string of the molecule is CC1NCCC1CNCCF. The normalized spacial score (nSPS) is 31.1. The molecular formula is C8H17FN2. The van der Waals surface area contributed by atoms with Crippen LogP contribution in [0.15, 0.2) is 0 Å². The number of hydrogen-bond acceptors (Lipinski definition) is 2. The standard InChI is InChI=1S/C8H17FN2/c1-7-8(2-4-11-7)6-10-5-3-9/h7-8,10-11H,2-6H2,1H3. The second kappa shape index (κ2) is 4.67. The summed E-state index contributed by atoms with van der Waals surface area (Å²) in [4.78, 5) is 0. The van der Waals surface area contributed by atoms with Crippen molar-refractivity contribution in [2.45, 2.75) is 19.4 Å². The van der Waals surface area contributed by atoms with E-state index in [1.807, 2.05) is 0 Å². The zero-order chi connectivity index (χ0) is 8.10. The molecule has 1 aliphatic rings. The van der Waals surface area contributed by atoms with Crippen molar-refractivity contribution in [3.8, 4) is 0 Å². The molecule has 0 aliphatic carbocycles. The molecule has 0 spiro atoms. The Bertz CT molecular complexity index is 108. The molecule has 0 bridgehead atoms. The molecule has 2 atom stereocenters. The molecule has 0 aromatic carbocycles. The molecule has 0 saturated carbocycles. The minimum atomic E-state index is -0.255. The van der Waals surface area contributed by atoms with Crippen LogP contribution in [-0.4, -0.2) is 32.4 Å². The zero-order valence-corrected chi connectivity index (χ0v) is 7.07. The van der Waals surface area contributed by atoms with Crippen LogP contribution in [0.4, 0.5) is 4.39 Å². The number of alkyl halides is 1. The zero-order valence-electron chi connectivity index (χ0n) is 7.07. The summed E-state index contributed by atoms with van der Waals surface area (Å²) in [6.45, 7) is 4.51. The fourth-order valence-corrected chi connectivity index (χ4v) is 1.55. The van der Waals surface area contributed by atoms with E-state index in [4.69, 9.17) is 0 Å². The molecule has 11 heavy (non-hydrogen) atoms. The molecule has 3 heteroatoms. The summed E-state index contributed by atoms with van der Waals surface area (Å²) in [7, 11) is 0. The van der Waals surface area contributed by atoms with Crippen molar-refractivity contribution in [1.82, 2.24) is 10.6 Å². The Labute approximate surface area is 67.6 Å². The molecule has 0 aromatic heterocycles. The maximum Gasteiger partial charge on any atom is 0.102 e. The van der Waals surface area contributed by atoms with E-state index in [9.17, 15) is 4.39 Å². The van der Waals surface area contributed by atoms with Crippen LogP contribution < -0.4 is 10.6 Å². The lowest BCUT2D eigenvalue weighted by Gasteiger charge is -2.14. The summed E-state index contributed by atoms with van der Waals surface area (Å²) in [5, 5.41) is 6.46. The van der Waals surface area contributed by atoms with Gasteiger partial charge in [0, 0.05) is 12.6 Å². The van der Waals surface area contributed by atoms with Gasteiger partial charge in [-0.3, -0.25) is 0 Å². The fraction of sp³-hybridized carbons (Fsp3) is 1.00. The van der Waals surface area contributed by atoms with E-state index in [1.54, 1.807) is 0 Å². The van der Waals surface area contributed by atoms with E-state index in [-0.39, 0.29) is 6.67 Å². The maximum absolute atomic E-state index is 11.7. The molecule has 1 rings (SSSR count). The lowest BCUT2D eigenvalue weighted by molar-refractivity contribution is 0.409. The first kappa shape index (κ1) is 8.94. The Balaban J connectivity index is 2.05. The van der Waals surface area contributed by atoms with Crippen molar-refractivity contribution in [2.75, 3.05) is 26.3 Å². The van der Waals surface area contributed by atoms with E-state index in [2.05, 4.69) is 17.6 Å². The Morgan fingerprint density at radius 2 is 2.45 bits per heavy atom. The van der Waals surface area contributed by atoms with E-state index >= 15 is 0 Å². The predicted molar refractivity (Wildman–Crippen MR) is 44.4 cm³/mol. The van der Waals surface area contributed by atoms with Crippen molar-refractivity contribution < 1.29 is 4.39 Å². The van der Waals surface area contributed by atoms with Crippen molar-refractivity contribution in [3.63, 3.8) is 0 Å². The summed E-state index contributed by atoms with van der Waals surface area (Å²) in [6.07, 6.45) is 1.22. The minimum Gasteiger partial charge on any atom is -0.314 e. The number of hydrogen-bond donors (Lipinski definition) is 2. The summed E-state index contributed by atoms with van der Waals surface area (Å²) in [6, 6.07) is 0.599. The van der Waals surface area contributed by atoms with Crippen LogP contribution in [-0.2, 0) is 0 Å². The van der Waals surface area contributed by atoms with Gasteiger partial charge in [-0.05, 0) is 32.4 Å². The third-order valence-corrected chi connectivity index (χ3v) is 2.37. The molecule has 2 unspecified atom stereocenters. The lowest BCUT2D eigenvalue weighted by atomic mass is 10.0. The van der Waals surface area contributed by atoms with Crippen molar-refractivity contribution in [2.24, 2.45) is 5.92 Å². The van der Waals surface area contributed by atoms with Crippen LogP contribution in [0.5, 0.6) is 0 Å². The van der Waals surface area contributed by atoms with Gasteiger partial charge in [0.25, 0.3) is 0 Å². The summed E-state index contributed by atoms with van der Waals surface area (Å²) < 4.78 is 11.7. The van der Waals surface area contributed by atoms with Crippen molar-refractivity contribution >= 4 is 0 Å². The van der Waals surface area contributed by atoms with Crippen molar-refractivity contribution in [3.05, 3.63) is 0 Å². The van der Waals surface area contributed by atoms with Crippen LogP contribution in [0.3, 0.4) is 0 Å². The number of halogens is 1.